The lowest BCUT2D eigenvalue weighted by Crippen LogP contribution is -2.40. The summed E-state index contributed by atoms with van der Waals surface area (Å²) in [5.41, 5.74) is -4.79. The number of hydrogen-bond acceptors (Lipinski definition) is 3. The maximum absolute atomic E-state index is 13.4. The molecule has 0 radical (unpaired) electrons. The largest absolute Gasteiger partial charge is 0.517 e. The molecule has 9 heteroatoms. The van der Waals surface area contributed by atoms with Gasteiger partial charge in [0, 0.05) is 24.0 Å². The topological polar surface area (TPSA) is 57.7 Å². The number of likely N-dealkylation sites (tertiary alicyclic amines) is 1. The number of fused-ring (bicyclic) bond motifs is 2. The number of halogens is 3. The van der Waals surface area contributed by atoms with Crippen LogP contribution >= 0.6 is 0 Å². The van der Waals surface area contributed by atoms with Crippen molar-refractivity contribution < 1.29 is 26.4 Å². The van der Waals surface area contributed by atoms with E-state index in [1.165, 1.54) is 12.2 Å². The first-order valence-electron chi connectivity index (χ1n) is 9.21. The molecular formula is C20H19F3N2O3S. The molecule has 154 valence electrons. The van der Waals surface area contributed by atoms with Crippen molar-refractivity contribution in [2.75, 3.05) is 0 Å². The maximum Gasteiger partial charge on any atom is 0.517 e. The molecule has 0 bridgehead atoms. The quantitative estimate of drug-likeness (QED) is 0.740. The fraction of sp³-hybridized carbons (Fsp3) is 0.350. The van der Waals surface area contributed by atoms with E-state index in [1.54, 1.807) is 4.90 Å². The van der Waals surface area contributed by atoms with Crippen LogP contribution in [0.4, 0.5) is 13.2 Å². The van der Waals surface area contributed by atoms with Crippen molar-refractivity contribution in [2.45, 2.75) is 31.3 Å². The summed E-state index contributed by atoms with van der Waals surface area (Å²) in [7, 11) is -5.53. The van der Waals surface area contributed by atoms with Crippen LogP contribution in [-0.2, 0) is 21.4 Å². The normalized spacial score (nSPS) is 23.5. The zero-order valence-electron chi connectivity index (χ0n) is 15.3. The van der Waals surface area contributed by atoms with E-state index in [0.29, 0.717) is 13.0 Å². The third-order valence-electron chi connectivity index (χ3n) is 5.66. The van der Waals surface area contributed by atoms with E-state index in [2.05, 4.69) is 0 Å². The molecule has 1 aromatic carbocycles. The van der Waals surface area contributed by atoms with E-state index in [9.17, 15) is 26.4 Å². The molecular weight excluding hydrogens is 405 g/mol. The van der Waals surface area contributed by atoms with Crippen LogP contribution < -0.4 is 0 Å². The number of nitrogens with zero attached hydrogens (tertiary/aromatic N) is 2. The second-order valence-corrected chi connectivity index (χ2v) is 9.17. The van der Waals surface area contributed by atoms with Gasteiger partial charge in [0.25, 0.3) is 0 Å². The molecule has 1 aromatic rings. The summed E-state index contributed by atoms with van der Waals surface area (Å²) in [6.45, 7) is 0.357. The summed E-state index contributed by atoms with van der Waals surface area (Å²) in [4.78, 5) is 15.1. The average Bonchev–Trinajstić information content (AvgIpc) is 2.91. The van der Waals surface area contributed by atoms with Gasteiger partial charge >= 0.3 is 15.5 Å². The fourth-order valence-electron chi connectivity index (χ4n) is 4.23. The molecule has 1 fully saturated rings. The number of allylic oxidation sites excluding steroid dienone is 2. The van der Waals surface area contributed by atoms with Crippen LogP contribution in [0.2, 0.25) is 0 Å². The fourth-order valence-corrected chi connectivity index (χ4v) is 4.91. The molecule has 0 aromatic heterocycles. The molecule has 1 amide bonds. The Kier molecular flexibility index (Phi) is 4.60. The van der Waals surface area contributed by atoms with Crippen LogP contribution in [0.1, 0.15) is 24.8 Å². The Morgan fingerprint density at radius 2 is 1.76 bits per heavy atom. The van der Waals surface area contributed by atoms with Gasteiger partial charge < -0.3 is 4.90 Å². The maximum atomic E-state index is 13.4. The standard InChI is InChI=1S/C20H19F3N2O3S/c21-20(22,23)29(27,28)24-12-10-19(11-13-24)16-8-4-5-9-17(16)25(18(19)26)14-15-6-2-1-3-7-15/h1-3,6-7,9-13,16H,4-5,8,14H2. The van der Waals surface area contributed by atoms with Gasteiger partial charge in [-0.05, 0) is 37.0 Å². The lowest BCUT2D eigenvalue weighted by molar-refractivity contribution is -0.132. The van der Waals surface area contributed by atoms with Crippen molar-refractivity contribution >= 4 is 15.9 Å². The summed E-state index contributed by atoms with van der Waals surface area (Å²) in [6.07, 6.45) is 8.67. The summed E-state index contributed by atoms with van der Waals surface area (Å²) < 4.78 is 62.0. The van der Waals surface area contributed by atoms with Gasteiger partial charge in [-0.3, -0.25) is 4.79 Å². The lowest BCUT2D eigenvalue weighted by atomic mass is 9.72. The van der Waals surface area contributed by atoms with Gasteiger partial charge in [0.15, 0.2) is 0 Å². The zero-order chi connectivity index (χ0) is 20.9. The number of carbonyl (C=O) groups is 1. The van der Waals surface area contributed by atoms with Crippen LogP contribution in [-0.4, -0.2) is 29.0 Å². The minimum absolute atomic E-state index is 0.123. The first-order chi connectivity index (χ1) is 13.7. The van der Waals surface area contributed by atoms with Gasteiger partial charge in [0.05, 0.1) is 12.0 Å². The highest BCUT2D eigenvalue weighted by atomic mass is 32.2. The summed E-state index contributed by atoms with van der Waals surface area (Å²) in [6, 6.07) is 9.43. The molecule has 3 aliphatic rings. The third kappa shape index (κ3) is 3.08. The SMILES string of the molecule is O=C1N(Cc2ccccc2)C2=CCCCC2C12C=CN(S(=O)(=O)C(F)(F)F)C=C2. The minimum Gasteiger partial charge on any atom is -0.311 e. The van der Waals surface area contributed by atoms with E-state index in [4.69, 9.17) is 0 Å². The van der Waals surface area contributed by atoms with Gasteiger partial charge in [-0.1, -0.05) is 36.4 Å². The molecule has 1 aliphatic carbocycles. The number of benzene rings is 1. The van der Waals surface area contributed by atoms with Gasteiger partial charge in [0.2, 0.25) is 5.91 Å². The van der Waals surface area contributed by atoms with Crippen molar-refractivity contribution in [2.24, 2.45) is 11.3 Å². The van der Waals surface area contributed by atoms with Crippen LogP contribution in [0, 0.1) is 11.3 Å². The Hall–Kier alpha value is -2.55. The van der Waals surface area contributed by atoms with Crippen LogP contribution in [0.25, 0.3) is 0 Å². The van der Waals surface area contributed by atoms with Gasteiger partial charge in [-0.15, -0.1) is 0 Å². The predicted molar refractivity (Wildman–Crippen MR) is 99.9 cm³/mol. The highest BCUT2D eigenvalue weighted by molar-refractivity contribution is 7.90. The molecule has 2 heterocycles. The second-order valence-electron chi connectivity index (χ2n) is 7.33. The Morgan fingerprint density at radius 1 is 1.10 bits per heavy atom. The second kappa shape index (κ2) is 6.76. The first-order valence-corrected chi connectivity index (χ1v) is 10.7. The number of hydrogen-bond donors (Lipinski definition) is 0. The number of sulfonamides is 1. The van der Waals surface area contributed by atoms with E-state index in [-0.39, 0.29) is 16.1 Å². The molecule has 0 N–H and O–H groups in total. The molecule has 2 aliphatic heterocycles. The number of alkyl halides is 3. The molecule has 1 spiro atoms. The lowest BCUT2D eigenvalue weighted by Gasteiger charge is -2.32. The third-order valence-corrected chi connectivity index (χ3v) is 7.04. The van der Waals surface area contributed by atoms with Crippen LogP contribution in [0.15, 0.2) is 66.7 Å². The first kappa shape index (κ1) is 19.8. The summed E-state index contributed by atoms with van der Waals surface area (Å²) in [5.74, 6) is -0.480. The Morgan fingerprint density at radius 3 is 2.38 bits per heavy atom. The van der Waals surface area contributed by atoms with Crippen molar-refractivity contribution in [1.29, 1.82) is 0 Å². The van der Waals surface area contributed by atoms with Crippen molar-refractivity contribution in [3.63, 3.8) is 0 Å². The smallest absolute Gasteiger partial charge is 0.311 e. The van der Waals surface area contributed by atoms with E-state index < -0.39 is 20.9 Å². The Balaban J connectivity index is 1.69. The molecule has 0 saturated carbocycles. The van der Waals surface area contributed by atoms with E-state index in [0.717, 1.165) is 36.5 Å². The van der Waals surface area contributed by atoms with Crippen molar-refractivity contribution in [3.8, 4) is 0 Å². The van der Waals surface area contributed by atoms with Crippen LogP contribution in [0.5, 0.6) is 0 Å². The van der Waals surface area contributed by atoms with Gasteiger partial charge in [0.1, 0.15) is 0 Å². The van der Waals surface area contributed by atoms with E-state index in [1.807, 2.05) is 36.4 Å². The monoisotopic (exact) mass is 424 g/mol. The summed E-state index contributed by atoms with van der Waals surface area (Å²) >= 11 is 0. The molecule has 1 unspecified atom stereocenters. The number of amides is 1. The zero-order valence-corrected chi connectivity index (χ0v) is 16.2. The van der Waals surface area contributed by atoms with Gasteiger partial charge in [-0.25, -0.2) is 4.31 Å². The number of rotatable bonds is 3. The Bertz CT molecular complexity index is 999. The predicted octanol–water partition coefficient (Wildman–Crippen LogP) is 3.89. The summed E-state index contributed by atoms with van der Waals surface area (Å²) in [5, 5.41) is 0. The minimum atomic E-state index is -5.53. The molecule has 1 saturated heterocycles. The van der Waals surface area contributed by atoms with E-state index >= 15 is 0 Å². The highest BCUT2D eigenvalue weighted by Crippen LogP contribution is 2.52. The molecule has 5 nitrogen and oxygen atoms in total. The molecule has 4 rings (SSSR count). The highest BCUT2D eigenvalue weighted by Gasteiger charge is 2.56. The molecule has 1 atom stereocenters. The average molecular weight is 424 g/mol. The molecule has 29 heavy (non-hydrogen) atoms. The van der Waals surface area contributed by atoms with Gasteiger partial charge in [-0.2, -0.15) is 21.6 Å². The Labute approximate surface area is 166 Å². The van der Waals surface area contributed by atoms with Crippen LogP contribution in [0.3, 0.4) is 0 Å². The number of carbonyl (C=O) groups excluding carboxylic acids is 1. The van der Waals surface area contributed by atoms with Crippen molar-refractivity contribution in [3.05, 3.63) is 72.2 Å². The van der Waals surface area contributed by atoms with Crippen molar-refractivity contribution in [1.82, 2.24) is 9.21 Å².